The lowest BCUT2D eigenvalue weighted by Crippen LogP contribution is -2.39. The van der Waals surface area contributed by atoms with Crippen LogP contribution in [0.2, 0.25) is 0 Å². The fourth-order valence-electron chi connectivity index (χ4n) is 2.74. The van der Waals surface area contributed by atoms with Gasteiger partial charge in [0.1, 0.15) is 5.60 Å². The summed E-state index contributed by atoms with van der Waals surface area (Å²) in [6, 6.07) is 5.86. The van der Waals surface area contributed by atoms with Crippen LogP contribution >= 0.6 is 0 Å². The SMILES string of the molecule is CC.COC(=O)c1cc(CC2=CCN(C(=O)OC(C)(C)C)CC2)ccc1C. The van der Waals surface area contributed by atoms with E-state index in [0.29, 0.717) is 18.7 Å². The Labute approximate surface area is 163 Å². The first kappa shape index (κ1) is 22.7. The van der Waals surface area contributed by atoms with Crippen LogP contribution < -0.4 is 0 Å². The summed E-state index contributed by atoms with van der Waals surface area (Å²) in [5, 5.41) is 0. The minimum Gasteiger partial charge on any atom is -0.465 e. The van der Waals surface area contributed by atoms with Gasteiger partial charge in [-0.05, 0) is 57.7 Å². The highest BCUT2D eigenvalue weighted by atomic mass is 16.6. The van der Waals surface area contributed by atoms with Gasteiger partial charge in [0.05, 0.1) is 12.7 Å². The van der Waals surface area contributed by atoms with Crippen molar-refractivity contribution in [3.8, 4) is 0 Å². The molecular weight excluding hydrogens is 342 g/mol. The minimum atomic E-state index is -0.479. The summed E-state index contributed by atoms with van der Waals surface area (Å²) in [5.74, 6) is -0.312. The zero-order valence-electron chi connectivity index (χ0n) is 17.7. The van der Waals surface area contributed by atoms with Crippen LogP contribution in [0, 0.1) is 6.92 Å². The molecule has 1 aromatic carbocycles. The van der Waals surface area contributed by atoms with Crippen molar-refractivity contribution in [2.24, 2.45) is 0 Å². The molecule has 1 heterocycles. The zero-order valence-corrected chi connectivity index (χ0v) is 17.7. The van der Waals surface area contributed by atoms with Gasteiger partial charge in [-0.3, -0.25) is 0 Å². The highest BCUT2D eigenvalue weighted by Crippen LogP contribution is 2.20. The van der Waals surface area contributed by atoms with Crippen molar-refractivity contribution in [2.45, 2.75) is 60.0 Å². The van der Waals surface area contributed by atoms with E-state index in [2.05, 4.69) is 6.08 Å². The Morgan fingerprint density at radius 3 is 2.37 bits per heavy atom. The Kier molecular flexibility index (Phi) is 8.54. The molecule has 0 bridgehead atoms. The van der Waals surface area contributed by atoms with E-state index in [1.165, 1.54) is 12.7 Å². The van der Waals surface area contributed by atoms with Gasteiger partial charge < -0.3 is 14.4 Å². The van der Waals surface area contributed by atoms with Crippen LogP contribution in [0.25, 0.3) is 0 Å². The molecule has 1 amide bonds. The predicted octanol–water partition coefficient (Wildman–Crippen LogP) is 4.92. The Balaban J connectivity index is 0.00000176. The number of amides is 1. The van der Waals surface area contributed by atoms with Crippen molar-refractivity contribution >= 4 is 12.1 Å². The van der Waals surface area contributed by atoms with Crippen LogP contribution in [-0.2, 0) is 15.9 Å². The number of benzene rings is 1. The predicted molar refractivity (Wildman–Crippen MR) is 108 cm³/mol. The minimum absolute atomic E-state index is 0.272. The maximum Gasteiger partial charge on any atom is 0.410 e. The monoisotopic (exact) mass is 375 g/mol. The van der Waals surface area contributed by atoms with Gasteiger partial charge >= 0.3 is 12.1 Å². The molecule has 0 saturated carbocycles. The number of ether oxygens (including phenoxy) is 2. The fourth-order valence-corrected chi connectivity index (χ4v) is 2.74. The maximum absolute atomic E-state index is 12.1. The van der Waals surface area contributed by atoms with Crippen LogP contribution in [0.1, 0.15) is 62.5 Å². The van der Waals surface area contributed by atoms with Crippen LogP contribution in [-0.4, -0.2) is 42.8 Å². The number of hydrogen-bond acceptors (Lipinski definition) is 4. The Bertz CT molecular complexity index is 686. The zero-order chi connectivity index (χ0) is 20.6. The normalized spacial score (nSPS) is 13.9. The van der Waals surface area contributed by atoms with Gasteiger partial charge in [-0.25, -0.2) is 9.59 Å². The molecule has 1 aliphatic heterocycles. The van der Waals surface area contributed by atoms with E-state index in [1.54, 1.807) is 4.90 Å². The second-order valence-corrected chi connectivity index (χ2v) is 7.36. The third-order valence-electron chi connectivity index (χ3n) is 4.09. The average molecular weight is 376 g/mol. The second kappa shape index (κ2) is 10.1. The van der Waals surface area contributed by atoms with E-state index in [1.807, 2.05) is 59.7 Å². The summed E-state index contributed by atoms with van der Waals surface area (Å²) in [6.45, 7) is 12.7. The summed E-state index contributed by atoms with van der Waals surface area (Å²) < 4.78 is 10.2. The van der Waals surface area contributed by atoms with E-state index in [4.69, 9.17) is 9.47 Å². The third kappa shape index (κ3) is 7.08. The Hall–Kier alpha value is -2.30. The van der Waals surface area contributed by atoms with Crippen LogP contribution in [0.4, 0.5) is 4.79 Å². The summed E-state index contributed by atoms with van der Waals surface area (Å²) >= 11 is 0. The summed E-state index contributed by atoms with van der Waals surface area (Å²) in [7, 11) is 1.39. The van der Waals surface area contributed by atoms with Crippen LogP contribution in [0.5, 0.6) is 0 Å². The van der Waals surface area contributed by atoms with Gasteiger partial charge in [0.25, 0.3) is 0 Å². The first-order valence-corrected chi connectivity index (χ1v) is 9.53. The largest absolute Gasteiger partial charge is 0.465 e. The van der Waals surface area contributed by atoms with Crippen molar-refractivity contribution in [3.63, 3.8) is 0 Å². The number of esters is 1. The molecule has 2 rings (SSSR count). The van der Waals surface area contributed by atoms with Gasteiger partial charge in [-0.15, -0.1) is 0 Å². The molecule has 0 spiro atoms. The summed E-state index contributed by atoms with van der Waals surface area (Å²) in [6.07, 6.45) is 3.38. The van der Waals surface area contributed by atoms with Crippen molar-refractivity contribution in [1.82, 2.24) is 4.90 Å². The standard InChI is InChI=1S/C20H27NO4.C2H6/c1-14-6-7-16(13-17(14)18(22)24-5)12-15-8-10-21(11-9-15)19(23)25-20(2,3)4;1-2/h6-8,13H,9-12H2,1-5H3;1-2H3. The molecule has 150 valence electrons. The Morgan fingerprint density at radius 2 is 1.85 bits per heavy atom. The molecule has 5 nitrogen and oxygen atoms in total. The third-order valence-corrected chi connectivity index (χ3v) is 4.09. The molecule has 0 aromatic heterocycles. The van der Waals surface area contributed by atoms with E-state index in [0.717, 1.165) is 24.0 Å². The van der Waals surface area contributed by atoms with Crippen LogP contribution in [0.15, 0.2) is 29.8 Å². The number of aryl methyl sites for hydroxylation is 1. The second-order valence-electron chi connectivity index (χ2n) is 7.36. The first-order valence-electron chi connectivity index (χ1n) is 9.53. The van der Waals surface area contributed by atoms with Gasteiger partial charge in [-0.2, -0.15) is 0 Å². The molecule has 0 unspecified atom stereocenters. The number of hydrogen-bond donors (Lipinski definition) is 0. The van der Waals surface area contributed by atoms with Crippen molar-refractivity contribution < 1.29 is 19.1 Å². The number of rotatable bonds is 3. The molecule has 27 heavy (non-hydrogen) atoms. The molecule has 0 aliphatic carbocycles. The quantitative estimate of drug-likeness (QED) is 0.556. The Morgan fingerprint density at radius 1 is 1.19 bits per heavy atom. The molecule has 0 radical (unpaired) electrons. The van der Waals surface area contributed by atoms with E-state index in [-0.39, 0.29) is 12.1 Å². The number of carbonyl (C=O) groups is 2. The van der Waals surface area contributed by atoms with E-state index < -0.39 is 5.60 Å². The topological polar surface area (TPSA) is 55.8 Å². The van der Waals surface area contributed by atoms with Crippen molar-refractivity contribution in [1.29, 1.82) is 0 Å². The lowest BCUT2D eigenvalue weighted by atomic mass is 9.96. The lowest BCUT2D eigenvalue weighted by molar-refractivity contribution is 0.0265. The smallest absolute Gasteiger partial charge is 0.410 e. The van der Waals surface area contributed by atoms with Gasteiger partial charge in [-0.1, -0.05) is 37.6 Å². The lowest BCUT2D eigenvalue weighted by Gasteiger charge is -2.29. The summed E-state index contributed by atoms with van der Waals surface area (Å²) in [5.41, 5.74) is 3.37. The van der Waals surface area contributed by atoms with Gasteiger partial charge in [0, 0.05) is 13.1 Å². The maximum atomic E-state index is 12.1. The molecular formula is C22H33NO4. The van der Waals surface area contributed by atoms with Crippen molar-refractivity contribution in [2.75, 3.05) is 20.2 Å². The molecule has 0 saturated heterocycles. The number of carbonyl (C=O) groups excluding carboxylic acids is 2. The fraction of sp³-hybridized carbons (Fsp3) is 0.545. The average Bonchev–Trinajstić information content (AvgIpc) is 2.63. The molecule has 0 fully saturated rings. The first-order chi connectivity index (χ1) is 12.7. The summed E-state index contributed by atoms with van der Waals surface area (Å²) in [4.78, 5) is 25.6. The highest BCUT2D eigenvalue weighted by Gasteiger charge is 2.23. The molecule has 1 aromatic rings. The van der Waals surface area contributed by atoms with Gasteiger partial charge in [0.15, 0.2) is 0 Å². The number of methoxy groups -OCH3 is 1. The molecule has 0 N–H and O–H groups in total. The van der Waals surface area contributed by atoms with Crippen molar-refractivity contribution in [3.05, 3.63) is 46.5 Å². The number of nitrogens with zero attached hydrogens (tertiary/aromatic N) is 1. The van der Waals surface area contributed by atoms with Crippen LogP contribution in [0.3, 0.4) is 0 Å². The molecule has 0 atom stereocenters. The van der Waals surface area contributed by atoms with E-state index >= 15 is 0 Å². The highest BCUT2D eigenvalue weighted by molar-refractivity contribution is 5.91. The molecule has 1 aliphatic rings. The van der Waals surface area contributed by atoms with E-state index in [9.17, 15) is 9.59 Å². The van der Waals surface area contributed by atoms with Gasteiger partial charge in [0.2, 0.25) is 0 Å². The molecule has 5 heteroatoms.